The molecule has 1 fully saturated rings. The van der Waals surface area contributed by atoms with Gasteiger partial charge in [0.2, 0.25) is 0 Å². The van der Waals surface area contributed by atoms with Crippen LogP contribution in [0.2, 0.25) is 0 Å². The minimum absolute atomic E-state index is 0.715. The van der Waals surface area contributed by atoms with Crippen LogP contribution in [-0.2, 0) is 45.2 Å². The smallest absolute Gasteiger partial charge is 0.475 e. The van der Waals surface area contributed by atoms with E-state index in [0.29, 0.717) is 6.61 Å². The summed E-state index contributed by atoms with van der Waals surface area (Å²) in [6.07, 6.45) is -5.62. The van der Waals surface area contributed by atoms with Crippen molar-refractivity contribution in [3.63, 3.8) is 0 Å². The molecule has 0 radical (unpaired) electrons. The lowest BCUT2D eigenvalue weighted by Crippen LogP contribution is -2.31. The highest BCUT2D eigenvalue weighted by Crippen LogP contribution is 2.30. The number of aliphatic carboxylic acids is 3. The Morgan fingerprint density at radius 1 is 0.864 bits per heavy atom. The number of carboxylic acid groups (broad SMARTS) is 3. The average Bonchev–Trinajstić information content (AvgIpc) is 3.73. The van der Waals surface area contributed by atoms with Gasteiger partial charge in [0.15, 0.2) is 0 Å². The van der Waals surface area contributed by atoms with Gasteiger partial charge in [-0.25, -0.2) is 14.4 Å². The third-order valence-electron chi connectivity index (χ3n) is 5.46. The molecular formula is C25H26F9N3O7. The Balaban J connectivity index is 0.000000379. The second kappa shape index (κ2) is 16.7. The zero-order chi connectivity index (χ0) is 33.7. The number of rotatable bonds is 6. The van der Waals surface area contributed by atoms with E-state index >= 15 is 0 Å². The van der Waals surface area contributed by atoms with Gasteiger partial charge in [0.1, 0.15) is 0 Å². The summed E-state index contributed by atoms with van der Waals surface area (Å²) in [4.78, 5) is 38.0. The quantitative estimate of drug-likeness (QED) is 0.370. The maximum absolute atomic E-state index is 10.6. The summed E-state index contributed by atoms with van der Waals surface area (Å²) >= 11 is 0. The summed E-state index contributed by atoms with van der Waals surface area (Å²) in [6, 6.07) is 6.11. The fourth-order valence-electron chi connectivity index (χ4n) is 3.23. The lowest BCUT2D eigenvalue weighted by atomic mass is 9.97. The van der Waals surface area contributed by atoms with Crippen LogP contribution in [0.3, 0.4) is 0 Å². The summed E-state index contributed by atoms with van der Waals surface area (Å²) in [5.41, 5.74) is 5.21. The highest BCUT2D eigenvalue weighted by atomic mass is 19.4. The molecule has 4 rings (SSSR count). The summed E-state index contributed by atoms with van der Waals surface area (Å²) < 4.78 is 101. The van der Waals surface area contributed by atoms with Gasteiger partial charge >= 0.3 is 36.4 Å². The Morgan fingerprint density at radius 2 is 1.39 bits per heavy atom. The molecule has 3 N–H and O–H groups in total. The van der Waals surface area contributed by atoms with E-state index in [1.807, 2.05) is 24.7 Å². The minimum atomic E-state index is -5.08. The zero-order valence-corrected chi connectivity index (χ0v) is 22.4. The minimum Gasteiger partial charge on any atom is -0.475 e. The van der Waals surface area contributed by atoms with Crippen LogP contribution < -0.4 is 0 Å². The maximum Gasteiger partial charge on any atom is 0.490 e. The van der Waals surface area contributed by atoms with Gasteiger partial charge in [-0.1, -0.05) is 6.07 Å². The number of ether oxygens (including phenoxy) is 1. The lowest BCUT2D eigenvalue weighted by molar-refractivity contribution is -0.193. The Kier molecular flexibility index (Phi) is 14.5. The monoisotopic (exact) mass is 651 g/mol. The fraction of sp³-hybridized carbons (Fsp3) is 0.480. The Morgan fingerprint density at radius 3 is 1.82 bits per heavy atom. The van der Waals surface area contributed by atoms with Crippen LogP contribution in [0.4, 0.5) is 39.5 Å². The zero-order valence-electron chi connectivity index (χ0n) is 22.4. The first-order valence-corrected chi connectivity index (χ1v) is 12.3. The number of carbonyl (C=O) groups is 3. The van der Waals surface area contributed by atoms with Gasteiger partial charge in [-0.3, -0.25) is 14.9 Å². The van der Waals surface area contributed by atoms with Crippen LogP contribution in [0.25, 0.3) is 0 Å². The van der Waals surface area contributed by atoms with Gasteiger partial charge in [-0.15, -0.1) is 0 Å². The molecular weight excluding hydrogens is 625 g/mol. The molecule has 0 aromatic carbocycles. The fourth-order valence-corrected chi connectivity index (χ4v) is 3.23. The highest BCUT2D eigenvalue weighted by molar-refractivity contribution is 5.73. The number of fused-ring (bicyclic) bond motifs is 1. The van der Waals surface area contributed by atoms with E-state index in [1.54, 1.807) is 0 Å². The number of alkyl halides is 9. The summed E-state index contributed by atoms with van der Waals surface area (Å²) in [5, 5.41) is 21.4. The van der Waals surface area contributed by atoms with Gasteiger partial charge in [0.25, 0.3) is 0 Å². The van der Waals surface area contributed by atoms with Crippen LogP contribution >= 0.6 is 0 Å². The molecule has 1 saturated carbocycles. The molecule has 2 aliphatic rings. The van der Waals surface area contributed by atoms with E-state index < -0.39 is 36.4 Å². The third kappa shape index (κ3) is 15.5. The predicted octanol–water partition coefficient (Wildman–Crippen LogP) is 4.86. The number of hydrogen-bond donors (Lipinski definition) is 3. The molecule has 0 amide bonds. The third-order valence-corrected chi connectivity index (χ3v) is 5.46. The van der Waals surface area contributed by atoms with E-state index in [9.17, 15) is 39.5 Å². The maximum atomic E-state index is 10.6. The second-order valence-corrected chi connectivity index (χ2v) is 9.09. The lowest BCUT2D eigenvalue weighted by Gasteiger charge is -2.29. The van der Waals surface area contributed by atoms with Crippen molar-refractivity contribution in [1.82, 2.24) is 14.9 Å². The molecule has 0 atom stereocenters. The number of nitrogens with zero attached hydrogens (tertiary/aromatic N) is 3. The van der Waals surface area contributed by atoms with Crippen LogP contribution in [0, 0.1) is 5.92 Å². The van der Waals surface area contributed by atoms with E-state index in [1.165, 1.54) is 29.5 Å². The molecule has 0 saturated heterocycles. The summed E-state index contributed by atoms with van der Waals surface area (Å²) in [7, 11) is 0. The molecule has 2 aromatic rings. The first-order valence-electron chi connectivity index (χ1n) is 12.3. The number of halogens is 9. The van der Waals surface area contributed by atoms with E-state index in [0.717, 1.165) is 44.3 Å². The van der Waals surface area contributed by atoms with Crippen LogP contribution in [0.1, 0.15) is 35.2 Å². The SMILES string of the molecule is O=C(O)C(F)(F)F.O=C(O)C(F)(F)F.O=C(O)C(F)(F)F.c1ccc(CN2CCc3c(COCC4CC4)cncc3C2)nc1. The van der Waals surface area contributed by atoms with Crippen molar-refractivity contribution < 1.29 is 74.0 Å². The molecule has 2 aromatic heterocycles. The van der Waals surface area contributed by atoms with Crippen molar-refractivity contribution in [2.24, 2.45) is 5.92 Å². The molecule has 10 nitrogen and oxygen atoms in total. The van der Waals surface area contributed by atoms with Crippen LogP contribution in [-0.4, -0.2) is 79.8 Å². The molecule has 1 aliphatic carbocycles. The average molecular weight is 651 g/mol. The first-order chi connectivity index (χ1) is 20.2. The molecule has 44 heavy (non-hydrogen) atoms. The topological polar surface area (TPSA) is 150 Å². The van der Waals surface area contributed by atoms with Crippen molar-refractivity contribution in [3.8, 4) is 0 Å². The summed E-state index contributed by atoms with van der Waals surface area (Å²) in [5.74, 6) is -7.45. The molecule has 0 bridgehead atoms. The standard InChI is InChI=1S/C19H23N3O.3C2HF3O2/c1-2-7-21-18(3-1)12-22-8-6-19-16(11-22)9-20-10-17(19)14-23-13-15-4-5-15;3*3-2(4,5)1(6)7/h1-3,7,9-10,15H,4-6,8,11-14H2;3*(H,6,7). The van der Waals surface area contributed by atoms with E-state index in [4.69, 9.17) is 34.4 Å². The van der Waals surface area contributed by atoms with Crippen LogP contribution in [0.15, 0.2) is 36.8 Å². The van der Waals surface area contributed by atoms with E-state index in [-0.39, 0.29) is 0 Å². The molecule has 246 valence electrons. The van der Waals surface area contributed by atoms with Gasteiger partial charge in [0.05, 0.1) is 12.3 Å². The summed E-state index contributed by atoms with van der Waals surface area (Å²) in [6.45, 7) is 4.56. The second-order valence-electron chi connectivity index (χ2n) is 9.09. The Hall–Kier alpha value is -4.00. The molecule has 19 heteroatoms. The van der Waals surface area contributed by atoms with Crippen molar-refractivity contribution in [2.45, 2.75) is 57.5 Å². The highest BCUT2D eigenvalue weighted by Gasteiger charge is 2.39. The Labute approximate surface area is 243 Å². The van der Waals surface area contributed by atoms with Gasteiger partial charge < -0.3 is 20.1 Å². The molecule has 0 spiro atoms. The van der Waals surface area contributed by atoms with Crippen molar-refractivity contribution in [3.05, 3.63) is 59.2 Å². The van der Waals surface area contributed by atoms with E-state index in [2.05, 4.69) is 27.0 Å². The largest absolute Gasteiger partial charge is 0.490 e. The van der Waals surface area contributed by atoms with Crippen LogP contribution in [0.5, 0.6) is 0 Å². The molecule has 1 aliphatic heterocycles. The van der Waals surface area contributed by atoms with Gasteiger partial charge in [-0.2, -0.15) is 39.5 Å². The van der Waals surface area contributed by atoms with Gasteiger partial charge in [0, 0.05) is 44.8 Å². The van der Waals surface area contributed by atoms with Crippen molar-refractivity contribution in [1.29, 1.82) is 0 Å². The number of carboxylic acids is 3. The molecule has 0 unspecified atom stereocenters. The number of hydrogen-bond acceptors (Lipinski definition) is 7. The Bertz CT molecular complexity index is 1160. The van der Waals surface area contributed by atoms with Crippen molar-refractivity contribution >= 4 is 17.9 Å². The van der Waals surface area contributed by atoms with Gasteiger partial charge in [-0.05, 0) is 54.0 Å². The normalized spacial score (nSPS) is 14.8. The first kappa shape index (κ1) is 38.0. The number of aromatic nitrogens is 2. The predicted molar refractivity (Wildman–Crippen MR) is 130 cm³/mol. The number of pyridine rings is 2. The molecule has 3 heterocycles. The van der Waals surface area contributed by atoms with Crippen molar-refractivity contribution in [2.75, 3.05) is 13.2 Å².